The number of amides is 1. The van der Waals surface area contributed by atoms with Crippen molar-refractivity contribution in [1.82, 2.24) is 4.90 Å². The van der Waals surface area contributed by atoms with Crippen molar-refractivity contribution in [3.05, 3.63) is 71.8 Å². The Balaban J connectivity index is 2.00. The summed E-state index contributed by atoms with van der Waals surface area (Å²) in [6.07, 6.45) is 0.190. The van der Waals surface area contributed by atoms with E-state index in [0.717, 1.165) is 11.1 Å². The monoisotopic (exact) mass is 481 g/mol. The lowest BCUT2D eigenvalue weighted by molar-refractivity contribution is -0.144. The van der Waals surface area contributed by atoms with Crippen molar-refractivity contribution < 1.29 is 18.8 Å². The lowest BCUT2D eigenvalue weighted by Crippen LogP contribution is -2.46. The predicted molar refractivity (Wildman–Crippen MR) is 138 cm³/mol. The first kappa shape index (κ1) is 26.2. The second-order valence-corrected chi connectivity index (χ2v) is 15.5. The molecule has 0 saturated carbocycles. The molecule has 0 bridgehead atoms. The van der Waals surface area contributed by atoms with Crippen LogP contribution in [0.5, 0.6) is 0 Å². The van der Waals surface area contributed by atoms with Gasteiger partial charge in [-0.3, -0.25) is 9.59 Å². The van der Waals surface area contributed by atoms with Gasteiger partial charge in [0.05, 0.1) is 31.6 Å². The normalized spacial score (nSPS) is 21.1. The zero-order valence-corrected chi connectivity index (χ0v) is 22.4. The fraction of sp³-hybridized carbons (Fsp3) is 0.500. The molecule has 1 saturated heterocycles. The van der Waals surface area contributed by atoms with Gasteiger partial charge in [-0.25, -0.2) is 0 Å². The molecule has 3 atom stereocenters. The summed E-state index contributed by atoms with van der Waals surface area (Å²) >= 11 is 0. The minimum Gasteiger partial charge on any atom is -0.466 e. The molecule has 1 aliphatic rings. The summed E-state index contributed by atoms with van der Waals surface area (Å²) in [7, 11) is -2.06. The van der Waals surface area contributed by atoms with Gasteiger partial charge in [-0.2, -0.15) is 0 Å². The molecule has 5 nitrogen and oxygen atoms in total. The number of carbonyl (C=O) groups is 2. The minimum absolute atomic E-state index is 0.0492. The zero-order chi connectivity index (χ0) is 24.9. The summed E-state index contributed by atoms with van der Waals surface area (Å²) in [6.45, 7) is 14.1. The molecular weight excluding hydrogens is 442 g/mol. The fourth-order valence-corrected chi connectivity index (χ4v) is 5.41. The number of rotatable bonds is 9. The smallest absolute Gasteiger partial charge is 0.306 e. The summed E-state index contributed by atoms with van der Waals surface area (Å²) in [6, 6.07) is 19.6. The largest absolute Gasteiger partial charge is 0.466 e. The van der Waals surface area contributed by atoms with Gasteiger partial charge in [0.25, 0.3) is 0 Å². The Labute approximate surface area is 205 Å². The van der Waals surface area contributed by atoms with Crippen LogP contribution >= 0.6 is 0 Å². The van der Waals surface area contributed by atoms with Gasteiger partial charge in [0.1, 0.15) is 0 Å². The van der Waals surface area contributed by atoms with E-state index in [1.807, 2.05) is 72.5 Å². The lowest BCUT2D eigenvalue weighted by atomic mass is 9.83. The van der Waals surface area contributed by atoms with Crippen LogP contribution in [0.2, 0.25) is 18.1 Å². The molecule has 2 aromatic rings. The molecule has 1 fully saturated rings. The van der Waals surface area contributed by atoms with Gasteiger partial charge in [-0.15, -0.1) is 0 Å². The average Bonchev–Trinajstić information content (AvgIpc) is 3.03. The Bertz CT molecular complexity index is 955. The van der Waals surface area contributed by atoms with Gasteiger partial charge in [-0.05, 0) is 36.2 Å². The van der Waals surface area contributed by atoms with E-state index in [1.165, 1.54) is 0 Å². The lowest BCUT2D eigenvalue weighted by Gasteiger charge is -2.39. The molecule has 184 valence electrons. The topological polar surface area (TPSA) is 55.8 Å². The van der Waals surface area contributed by atoms with Crippen LogP contribution in [0.15, 0.2) is 60.7 Å². The first-order chi connectivity index (χ1) is 16.0. The van der Waals surface area contributed by atoms with Crippen molar-refractivity contribution in [1.29, 1.82) is 0 Å². The number of hydrogen-bond acceptors (Lipinski definition) is 4. The number of carbonyl (C=O) groups excluding carboxylic acids is 2. The number of likely N-dealkylation sites (tertiary alicyclic amines) is 1. The number of ether oxygens (including phenoxy) is 1. The minimum atomic E-state index is -2.06. The van der Waals surface area contributed by atoms with Crippen molar-refractivity contribution in [2.24, 2.45) is 5.92 Å². The third-order valence-corrected chi connectivity index (χ3v) is 11.9. The molecule has 1 amide bonds. The van der Waals surface area contributed by atoms with E-state index in [2.05, 4.69) is 33.9 Å². The highest BCUT2D eigenvalue weighted by molar-refractivity contribution is 6.74. The maximum absolute atomic E-state index is 13.9. The summed E-state index contributed by atoms with van der Waals surface area (Å²) in [5.74, 6) is -0.835. The molecule has 0 unspecified atom stereocenters. The van der Waals surface area contributed by atoms with E-state index < -0.39 is 14.2 Å². The van der Waals surface area contributed by atoms with Gasteiger partial charge >= 0.3 is 5.97 Å². The Hall–Kier alpha value is -2.44. The molecule has 1 heterocycles. The van der Waals surface area contributed by atoms with Crippen molar-refractivity contribution in [3.8, 4) is 0 Å². The van der Waals surface area contributed by atoms with Crippen LogP contribution in [-0.4, -0.2) is 44.3 Å². The van der Waals surface area contributed by atoms with E-state index in [-0.39, 0.29) is 35.3 Å². The maximum atomic E-state index is 13.9. The molecule has 34 heavy (non-hydrogen) atoms. The second kappa shape index (κ2) is 10.9. The van der Waals surface area contributed by atoms with Crippen LogP contribution in [0.1, 0.15) is 51.2 Å². The quantitative estimate of drug-likeness (QED) is 0.337. The van der Waals surface area contributed by atoms with E-state index >= 15 is 0 Å². The van der Waals surface area contributed by atoms with Gasteiger partial charge in [0.15, 0.2) is 8.32 Å². The summed E-state index contributed by atoms with van der Waals surface area (Å²) < 4.78 is 12.0. The van der Waals surface area contributed by atoms with Crippen molar-refractivity contribution in [3.63, 3.8) is 0 Å². The maximum Gasteiger partial charge on any atom is 0.306 e. The molecule has 3 rings (SSSR count). The summed E-state index contributed by atoms with van der Waals surface area (Å²) in [5, 5.41) is 0.0509. The molecule has 6 heteroatoms. The van der Waals surface area contributed by atoms with E-state index in [0.29, 0.717) is 19.8 Å². The van der Waals surface area contributed by atoms with Crippen LogP contribution in [0.25, 0.3) is 0 Å². The molecule has 0 N–H and O–H groups in total. The summed E-state index contributed by atoms with van der Waals surface area (Å²) in [5.41, 5.74) is 2.01. The predicted octanol–water partition coefficient (Wildman–Crippen LogP) is 5.77. The van der Waals surface area contributed by atoms with Gasteiger partial charge in [-0.1, -0.05) is 81.4 Å². The van der Waals surface area contributed by atoms with Gasteiger partial charge < -0.3 is 14.1 Å². The molecule has 2 aromatic carbocycles. The SMILES string of the molecule is CCOC(=O)C[C@@H]1[C@@H](CO[Si](C)(C)C(C)(C)C)N(Cc2ccccc2)C(=O)[C@H]1c1ccccc1. The zero-order valence-electron chi connectivity index (χ0n) is 21.4. The van der Waals surface area contributed by atoms with E-state index in [1.54, 1.807) is 0 Å². The number of esters is 1. The van der Waals surface area contributed by atoms with E-state index in [4.69, 9.17) is 9.16 Å². The van der Waals surface area contributed by atoms with Crippen LogP contribution < -0.4 is 0 Å². The highest BCUT2D eigenvalue weighted by Gasteiger charge is 2.50. The standard InChI is InChI=1S/C28H39NO4Si/c1-7-32-25(30)18-23-24(20-33-34(5,6)28(2,3)4)29(19-21-14-10-8-11-15-21)27(31)26(23)22-16-12-9-13-17-22/h8-17,23-24,26H,7,18-20H2,1-6H3/t23-,24-,26+/m1/s1. The molecule has 0 aromatic heterocycles. The van der Waals surface area contributed by atoms with Crippen molar-refractivity contribution in [2.75, 3.05) is 13.2 Å². The van der Waals surface area contributed by atoms with Crippen molar-refractivity contribution in [2.45, 2.75) is 70.8 Å². The van der Waals surface area contributed by atoms with Crippen LogP contribution in [0.4, 0.5) is 0 Å². The average molecular weight is 482 g/mol. The first-order valence-electron chi connectivity index (χ1n) is 12.2. The van der Waals surface area contributed by atoms with Gasteiger partial charge in [0, 0.05) is 12.5 Å². The van der Waals surface area contributed by atoms with Gasteiger partial charge in [0.2, 0.25) is 5.91 Å². The molecule has 0 radical (unpaired) electrons. The first-order valence-corrected chi connectivity index (χ1v) is 15.1. The molecular formula is C28H39NO4Si. The van der Waals surface area contributed by atoms with E-state index in [9.17, 15) is 9.59 Å². The number of benzene rings is 2. The van der Waals surface area contributed by atoms with Crippen LogP contribution in [0, 0.1) is 5.92 Å². The molecule has 0 aliphatic carbocycles. The van der Waals surface area contributed by atoms with Crippen LogP contribution in [0.3, 0.4) is 0 Å². The van der Waals surface area contributed by atoms with Crippen LogP contribution in [-0.2, 0) is 25.3 Å². The number of nitrogens with zero attached hydrogens (tertiary/aromatic N) is 1. The fourth-order valence-electron chi connectivity index (χ4n) is 4.39. The highest BCUT2D eigenvalue weighted by atomic mass is 28.4. The molecule has 0 spiro atoms. The third-order valence-electron chi connectivity index (χ3n) is 7.36. The number of hydrogen-bond donors (Lipinski definition) is 0. The second-order valence-electron chi connectivity index (χ2n) is 10.7. The Morgan fingerprint density at radius 1 is 1.00 bits per heavy atom. The Morgan fingerprint density at radius 3 is 2.15 bits per heavy atom. The Kier molecular flexibility index (Phi) is 8.37. The highest BCUT2D eigenvalue weighted by Crippen LogP contribution is 2.43. The summed E-state index contributed by atoms with van der Waals surface area (Å²) in [4.78, 5) is 28.5. The van der Waals surface area contributed by atoms with Crippen molar-refractivity contribution >= 4 is 20.2 Å². The Morgan fingerprint density at radius 2 is 1.59 bits per heavy atom. The molecule has 1 aliphatic heterocycles. The third kappa shape index (κ3) is 5.97.